The van der Waals surface area contributed by atoms with Crippen molar-refractivity contribution in [2.45, 2.75) is 19.0 Å². The summed E-state index contributed by atoms with van der Waals surface area (Å²) in [5.74, 6) is -0.00567. The highest BCUT2D eigenvalue weighted by atomic mass is 19.4. The highest BCUT2D eigenvalue weighted by Crippen LogP contribution is 2.26. The SMILES string of the molecule is OCCCc1nncc(C(F)(F)F)n1. The molecule has 1 aromatic heterocycles. The third-order valence-electron chi connectivity index (χ3n) is 1.45. The number of halogens is 3. The molecular weight excluding hydrogens is 199 g/mol. The summed E-state index contributed by atoms with van der Waals surface area (Å²) in [7, 11) is 0. The Hall–Kier alpha value is -1.24. The molecule has 0 saturated heterocycles. The van der Waals surface area contributed by atoms with Gasteiger partial charge in [-0.1, -0.05) is 0 Å². The summed E-state index contributed by atoms with van der Waals surface area (Å²) in [6, 6.07) is 0. The highest BCUT2D eigenvalue weighted by molar-refractivity contribution is 5.00. The fourth-order valence-corrected chi connectivity index (χ4v) is 0.820. The lowest BCUT2D eigenvalue weighted by atomic mass is 10.3. The molecular formula is C7H8F3N3O. The summed E-state index contributed by atoms with van der Waals surface area (Å²) < 4.78 is 36.3. The van der Waals surface area contributed by atoms with Crippen molar-refractivity contribution in [1.82, 2.24) is 15.2 Å². The molecule has 14 heavy (non-hydrogen) atoms. The van der Waals surface area contributed by atoms with Crippen LogP contribution in [0.4, 0.5) is 13.2 Å². The predicted molar refractivity (Wildman–Crippen MR) is 40.2 cm³/mol. The van der Waals surface area contributed by atoms with Crippen LogP contribution >= 0.6 is 0 Å². The first kappa shape index (κ1) is 10.8. The van der Waals surface area contributed by atoms with Gasteiger partial charge in [-0.3, -0.25) is 0 Å². The van der Waals surface area contributed by atoms with E-state index < -0.39 is 11.9 Å². The lowest BCUT2D eigenvalue weighted by molar-refractivity contribution is -0.141. The first-order chi connectivity index (χ1) is 6.54. The van der Waals surface area contributed by atoms with Gasteiger partial charge in [-0.05, 0) is 6.42 Å². The van der Waals surface area contributed by atoms with Crippen molar-refractivity contribution < 1.29 is 18.3 Å². The largest absolute Gasteiger partial charge is 0.435 e. The average molecular weight is 207 g/mol. The summed E-state index contributed by atoms with van der Waals surface area (Å²) in [5, 5.41) is 15.1. The topological polar surface area (TPSA) is 58.9 Å². The quantitative estimate of drug-likeness (QED) is 0.796. The van der Waals surface area contributed by atoms with Crippen LogP contribution in [0, 0.1) is 0 Å². The Morgan fingerprint density at radius 3 is 2.64 bits per heavy atom. The van der Waals surface area contributed by atoms with Crippen molar-refractivity contribution in [3.05, 3.63) is 17.7 Å². The number of aromatic nitrogens is 3. The van der Waals surface area contributed by atoms with Crippen LogP contribution in [0.15, 0.2) is 6.20 Å². The molecule has 0 aliphatic carbocycles. The Morgan fingerprint density at radius 2 is 2.07 bits per heavy atom. The third-order valence-corrected chi connectivity index (χ3v) is 1.45. The van der Waals surface area contributed by atoms with Gasteiger partial charge in [0.15, 0.2) is 11.5 Å². The molecule has 1 aromatic rings. The summed E-state index contributed by atoms with van der Waals surface area (Å²) in [5.41, 5.74) is -1.06. The van der Waals surface area contributed by atoms with E-state index in [0.29, 0.717) is 12.6 Å². The molecule has 0 fully saturated rings. The standard InChI is InChI=1S/C7H8F3N3O/c8-7(9,10)5-4-11-13-6(12-5)2-1-3-14/h4,14H,1-3H2. The van der Waals surface area contributed by atoms with E-state index in [2.05, 4.69) is 15.2 Å². The van der Waals surface area contributed by atoms with Crippen LogP contribution in [0.3, 0.4) is 0 Å². The minimum absolute atomic E-state index is 0.00567. The summed E-state index contributed by atoms with van der Waals surface area (Å²) in [4.78, 5) is 3.27. The number of nitrogens with zero attached hydrogens (tertiary/aromatic N) is 3. The van der Waals surface area contributed by atoms with E-state index in [0.717, 1.165) is 0 Å². The van der Waals surface area contributed by atoms with Gasteiger partial charge < -0.3 is 5.11 Å². The minimum atomic E-state index is -4.50. The molecule has 0 saturated carbocycles. The number of hydrogen-bond donors (Lipinski definition) is 1. The lowest BCUT2D eigenvalue weighted by Crippen LogP contribution is -2.12. The zero-order chi connectivity index (χ0) is 10.6. The molecule has 0 bridgehead atoms. The molecule has 0 spiro atoms. The monoisotopic (exact) mass is 207 g/mol. The summed E-state index contributed by atoms with van der Waals surface area (Å²) in [6.45, 7) is -0.112. The summed E-state index contributed by atoms with van der Waals surface area (Å²) >= 11 is 0. The van der Waals surface area contributed by atoms with E-state index in [9.17, 15) is 13.2 Å². The second-order valence-electron chi connectivity index (χ2n) is 2.58. The van der Waals surface area contributed by atoms with Crippen molar-refractivity contribution in [2.75, 3.05) is 6.61 Å². The molecule has 0 unspecified atom stereocenters. The molecule has 0 aliphatic rings. The van der Waals surface area contributed by atoms with Crippen LogP contribution < -0.4 is 0 Å². The fourth-order valence-electron chi connectivity index (χ4n) is 0.820. The number of aliphatic hydroxyl groups excluding tert-OH is 1. The van der Waals surface area contributed by atoms with Gasteiger partial charge in [-0.25, -0.2) is 4.98 Å². The van der Waals surface area contributed by atoms with Crippen LogP contribution in [0.1, 0.15) is 17.9 Å². The zero-order valence-electron chi connectivity index (χ0n) is 7.12. The minimum Gasteiger partial charge on any atom is -0.396 e. The Balaban J connectivity index is 2.79. The highest BCUT2D eigenvalue weighted by Gasteiger charge is 2.33. The Morgan fingerprint density at radius 1 is 1.36 bits per heavy atom. The van der Waals surface area contributed by atoms with Gasteiger partial charge >= 0.3 is 6.18 Å². The first-order valence-corrected chi connectivity index (χ1v) is 3.90. The first-order valence-electron chi connectivity index (χ1n) is 3.90. The molecule has 0 aromatic carbocycles. The summed E-state index contributed by atoms with van der Waals surface area (Å²) in [6.07, 6.45) is -3.41. The molecule has 1 N–H and O–H groups in total. The Kier molecular flexibility index (Phi) is 3.34. The van der Waals surface area contributed by atoms with E-state index in [4.69, 9.17) is 5.11 Å². The second-order valence-corrected chi connectivity index (χ2v) is 2.58. The molecule has 0 radical (unpaired) electrons. The molecule has 1 rings (SSSR count). The van der Waals surface area contributed by atoms with Crippen LogP contribution in [0.2, 0.25) is 0 Å². The van der Waals surface area contributed by atoms with Gasteiger partial charge in [-0.15, -0.1) is 5.10 Å². The Labute approximate surface area is 77.8 Å². The Bertz CT molecular complexity index is 302. The normalized spacial score (nSPS) is 11.7. The molecule has 7 heteroatoms. The number of aryl methyl sites for hydroxylation is 1. The van der Waals surface area contributed by atoms with Crippen molar-refractivity contribution in [3.8, 4) is 0 Å². The maximum Gasteiger partial charge on any atom is 0.435 e. The van der Waals surface area contributed by atoms with Gasteiger partial charge in [0.1, 0.15) is 0 Å². The molecule has 1 heterocycles. The van der Waals surface area contributed by atoms with Crippen molar-refractivity contribution >= 4 is 0 Å². The maximum absolute atomic E-state index is 12.1. The van der Waals surface area contributed by atoms with E-state index in [1.807, 2.05) is 0 Å². The van der Waals surface area contributed by atoms with E-state index in [-0.39, 0.29) is 18.9 Å². The lowest BCUT2D eigenvalue weighted by Gasteiger charge is -2.05. The number of aliphatic hydroxyl groups is 1. The fraction of sp³-hybridized carbons (Fsp3) is 0.571. The molecule has 0 aliphatic heterocycles. The maximum atomic E-state index is 12.1. The van der Waals surface area contributed by atoms with Gasteiger partial charge in [0.2, 0.25) is 0 Å². The van der Waals surface area contributed by atoms with Crippen LogP contribution in [0.5, 0.6) is 0 Å². The van der Waals surface area contributed by atoms with Gasteiger partial charge in [-0.2, -0.15) is 18.3 Å². The van der Waals surface area contributed by atoms with Gasteiger partial charge in [0, 0.05) is 13.0 Å². The van der Waals surface area contributed by atoms with Gasteiger partial charge in [0.05, 0.1) is 6.20 Å². The van der Waals surface area contributed by atoms with E-state index >= 15 is 0 Å². The van der Waals surface area contributed by atoms with Crippen molar-refractivity contribution in [3.63, 3.8) is 0 Å². The number of alkyl halides is 3. The van der Waals surface area contributed by atoms with Crippen molar-refractivity contribution in [2.24, 2.45) is 0 Å². The third kappa shape index (κ3) is 2.91. The van der Waals surface area contributed by atoms with E-state index in [1.165, 1.54) is 0 Å². The van der Waals surface area contributed by atoms with E-state index in [1.54, 1.807) is 0 Å². The van der Waals surface area contributed by atoms with Crippen molar-refractivity contribution in [1.29, 1.82) is 0 Å². The smallest absolute Gasteiger partial charge is 0.396 e. The average Bonchev–Trinajstić information content (AvgIpc) is 2.14. The van der Waals surface area contributed by atoms with Crippen LogP contribution in [0.25, 0.3) is 0 Å². The van der Waals surface area contributed by atoms with Crippen LogP contribution in [-0.4, -0.2) is 26.9 Å². The molecule has 78 valence electrons. The molecule has 4 nitrogen and oxygen atoms in total. The number of hydrogen-bond acceptors (Lipinski definition) is 4. The molecule has 0 amide bonds. The van der Waals surface area contributed by atoms with Gasteiger partial charge in [0.25, 0.3) is 0 Å². The number of rotatable bonds is 3. The second kappa shape index (κ2) is 4.32. The molecule has 0 atom stereocenters. The van der Waals surface area contributed by atoms with Crippen LogP contribution in [-0.2, 0) is 12.6 Å². The predicted octanol–water partition coefficient (Wildman–Crippen LogP) is 0.815. The zero-order valence-corrected chi connectivity index (χ0v) is 7.12.